The zero-order valence-corrected chi connectivity index (χ0v) is 7.47. The maximum Gasteiger partial charge on any atom is 0.117 e. The maximum absolute atomic E-state index is 8.76. The molecule has 2 heteroatoms. The molecule has 0 aromatic heterocycles. The van der Waals surface area contributed by atoms with Crippen LogP contribution >= 0.6 is 0 Å². The molecule has 11 heavy (non-hydrogen) atoms. The molecule has 0 rings (SSSR count). The van der Waals surface area contributed by atoms with E-state index in [-0.39, 0.29) is 6.61 Å². The van der Waals surface area contributed by atoms with E-state index in [0.717, 1.165) is 25.9 Å². The molecule has 0 bridgehead atoms. The minimum atomic E-state index is 0.0254. The number of hydrogen-bond donors (Lipinski definition) is 1. The molecule has 0 fully saturated rings. The molecule has 0 aliphatic carbocycles. The molecular formula is C9H18O2. The van der Waals surface area contributed by atoms with Gasteiger partial charge in [0.2, 0.25) is 0 Å². The van der Waals surface area contributed by atoms with Gasteiger partial charge in [-0.1, -0.05) is 20.3 Å². The fourth-order valence-corrected chi connectivity index (χ4v) is 0.744. The van der Waals surface area contributed by atoms with Gasteiger partial charge in [0.1, 0.15) is 12.4 Å². The van der Waals surface area contributed by atoms with Crippen molar-refractivity contribution in [2.75, 3.05) is 13.2 Å². The first-order valence-corrected chi connectivity index (χ1v) is 4.27. The smallest absolute Gasteiger partial charge is 0.117 e. The van der Waals surface area contributed by atoms with E-state index in [0.29, 0.717) is 5.76 Å². The molecule has 0 radical (unpaired) electrons. The van der Waals surface area contributed by atoms with Gasteiger partial charge in [0.05, 0.1) is 6.61 Å². The monoisotopic (exact) mass is 158 g/mol. The van der Waals surface area contributed by atoms with Crippen LogP contribution in [0.5, 0.6) is 0 Å². The number of ether oxygens (including phenoxy) is 1. The molecular weight excluding hydrogens is 140 g/mol. The van der Waals surface area contributed by atoms with Crippen LogP contribution in [0.3, 0.4) is 0 Å². The normalized spacial score (nSPS) is 11.7. The summed E-state index contributed by atoms with van der Waals surface area (Å²) in [5.74, 6) is 0.709. The highest BCUT2D eigenvalue weighted by Gasteiger charge is 1.93. The Kier molecular flexibility index (Phi) is 7.26. The van der Waals surface area contributed by atoms with Gasteiger partial charge >= 0.3 is 0 Å². The first-order valence-electron chi connectivity index (χ1n) is 4.27. The van der Waals surface area contributed by atoms with Crippen LogP contribution in [-0.4, -0.2) is 18.3 Å². The molecule has 1 N–H and O–H groups in total. The lowest BCUT2D eigenvalue weighted by atomic mass is 10.3. The lowest BCUT2D eigenvalue weighted by molar-refractivity contribution is 0.157. The summed E-state index contributed by atoms with van der Waals surface area (Å²) in [5.41, 5.74) is 0. The van der Waals surface area contributed by atoms with Gasteiger partial charge in [-0.15, -0.1) is 0 Å². The minimum absolute atomic E-state index is 0.0254. The van der Waals surface area contributed by atoms with Crippen LogP contribution in [0, 0.1) is 0 Å². The average molecular weight is 158 g/mol. The second-order valence-corrected chi connectivity index (χ2v) is 2.44. The molecule has 0 aromatic rings. The summed E-state index contributed by atoms with van der Waals surface area (Å²) in [6.07, 6.45) is 5.02. The van der Waals surface area contributed by atoms with Crippen molar-refractivity contribution >= 4 is 0 Å². The van der Waals surface area contributed by atoms with Crippen LogP contribution < -0.4 is 0 Å². The Hall–Kier alpha value is -0.500. The van der Waals surface area contributed by atoms with Crippen molar-refractivity contribution in [3.63, 3.8) is 0 Å². The highest BCUT2D eigenvalue weighted by molar-refractivity contribution is 4.91. The molecule has 0 saturated heterocycles. The summed E-state index contributed by atoms with van der Waals surface area (Å²) < 4.78 is 5.28. The third-order valence-corrected chi connectivity index (χ3v) is 1.37. The lowest BCUT2D eigenvalue weighted by Crippen LogP contribution is -1.98. The molecule has 0 amide bonds. The van der Waals surface area contributed by atoms with Crippen molar-refractivity contribution in [3.05, 3.63) is 11.8 Å². The number of aliphatic hydroxyl groups is 1. The zero-order chi connectivity index (χ0) is 8.53. The molecule has 0 unspecified atom stereocenters. The fourth-order valence-electron chi connectivity index (χ4n) is 0.744. The Morgan fingerprint density at radius 2 is 2.18 bits per heavy atom. The summed E-state index contributed by atoms with van der Waals surface area (Å²) in [6.45, 7) is 4.89. The lowest BCUT2D eigenvalue weighted by Gasteiger charge is -2.06. The standard InChI is InChI=1S/C9H18O2/c1-3-5-7-11-9(8-10)6-4-2/h6,10H,3-5,7-8H2,1-2H3. The summed E-state index contributed by atoms with van der Waals surface area (Å²) >= 11 is 0. The molecule has 2 nitrogen and oxygen atoms in total. The third kappa shape index (κ3) is 5.92. The summed E-state index contributed by atoms with van der Waals surface area (Å²) in [7, 11) is 0. The second-order valence-electron chi connectivity index (χ2n) is 2.44. The van der Waals surface area contributed by atoms with E-state index in [9.17, 15) is 0 Å². The van der Waals surface area contributed by atoms with Gasteiger partial charge in [0.25, 0.3) is 0 Å². The highest BCUT2D eigenvalue weighted by atomic mass is 16.5. The molecule has 0 aromatic carbocycles. The Morgan fingerprint density at radius 1 is 1.45 bits per heavy atom. The summed E-state index contributed by atoms with van der Waals surface area (Å²) in [6, 6.07) is 0. The van der Waals surface area contributed by atoms with Gasteiger partial charge in [-0.2, -0.15) is 0 Å². The molecule has 0 spiro atoms. The van der Waals surface area contributed by atoms with Gasteiger partial charge in [-0.05, 0) is 18.9 Å². The zero-order valence-electron chi connectivity index (χ0n) is 7.47. The van der Waals surface area contributed by atoms with Gasteiger partial charge in [-0.3, -0.25) is 0 Å². The van der Waals surface area contributed by atoms with E-state index in [4.69, 9.17) is 9.84 Å². The number of unbranched alkanes of at least 4 members (excludes halogenated alkanes) is 1. The molecule has 66 valence electrons. The Labute approximate surface area is 68.9 Å². The van der Waals surface area contributed by atoms with Crippen LogP contribution in [0.15, 0.2) is 11.8 Å². The molecule has 0 aliphatic rings. The number of aliphatic hydroxyl groups excluding tert-OH is 1. The fraction of sp³-hybridized carbons (Fsp3) is 0.778. The van der Waals surface area contributed by atoms with Crippen molar-refractivity contribution in [1.29, 1.82) is 0 Å². The van der Waals surface area contributed by atoms with Gasteiger partial charge in [0.15, 0.2) is 0 Å². The summed E-state index contributed by atoms with van der Waals surface area (Å²) in [4.78, 5) is 0. The number of rotatable bonds is 6. The van der Waals surface area contributed by atoms with E-state index in [1.165, 1.54) is 0 Å². The second kappa shape index (κ2) is 7.61. The predicted octanol–water partition coefficient (Wildman–Crippen LogP) is 2.09. The predicted molar refractivity (Wildman–Crippen MR) is 46.3 cm³/mol. The van der Waals surface area contributed by atoms with Crippen LogP contribution in [0.4, 0.5) is 0 Å². The molecule has 0 atom stereocenters. The third-order valence-electron chi connectivity index (χ3n) is 1.37. The van der Waals surface area contributed by atoms with E-state index in [2.05, 4.69) is 6.92 Å². The van der Waals surface area contributed by atoms with Crippen molar-refractivity contribution in [2.45, 2.75) is 33.1 Å². The Bertz CT molecular complexity index is 108. The van der Waals surface area contributed by atoms with Crippen LogP contribution in [-0.2, 0) is 4.74 Å². The van der Waals surface area contributed by atoms with Crippen LogP contribution in [0.25, 0.3) is 0 Å². The van der Waals surface area contributed by atoms with Crippen molar-refractivity contribution < 1.29 is 9.84 Å². The summed E-state index contributed by atoms with van der Waals surface area (Å²) in [5, 5.41) is 8.76. The van der Waals surface area contributed by atoms with Crippen molar-refractivity contribution in [3.8, 4) is 0 Å². The quantitative estimate of drug-likeness (QED) is 0.474. The largest absolute Gasteiger partial charge is 0.496 e. The highest BCUT2D eigenvalue weighted by Crippen LogP contribution is 1.99. The molecule has 0 heterocycles. The average Bonchev–Trinajstić information content (AvgIpc) is 2.03. The van der Waals surface area contributed by atoms with Crippen LogP contribution in [0.1, 0.15) is 33.1 Å². The van der Waals surface area contributed by atoms with Crippen molar-refractivity contribution in [1.82, 2.24) is 0 Å². The first-order chi connectivity index (χ1) is 5.35. The van der Waals surface area contributed by atoms with Gasteiger partial charge < -0.3 is 9.84 Å². The topological polar surface area (TPSA) is 29.5 Å². The molecule has 0 aliphatic heterocycles. The van der Waals surface area contributed by atoms with E-state index < -0.39 is 0 Å². The molecule has 0 saturated carbocycles. The van der Waals surface area contributed by atoms with E-state index in [1.807, 2.05) is 13.0 Å². The Balaban J connectivity index is 3.44. The van der Waals surface area contributed by atoms with Crippen LogP contribution in [0.2, 0.25) is 0 Å². The number of allylic oxidation sites excluding steroid dienone is 1. The number of hydrogen-bond acceptors (Lipinski definition) is 2. The maximum atomic E-state index is 8.76. The minimum Gasteiger partial charge on any atom is -0.496 e. The SMILES string of the molecule is CCC=C(CO)OCCCC. The first kappa shape index (κ1) is 10.5. The van der Waals surface area contributed by atoms with E-state index >= 15 is 0 Å². The Morgan fingerprint density at radius 3 is 2.64 bits per heavy atom. The van der Waals surface area contributed by atoms with Crippen molar-refractivity contribution in [2.24, 2.45) is 0 Å². The van der Waals surface area contributed by atoms with Gasteiger partial charge in [0, 0.05) is 0 Å². The van der Waals surface area contributed by atoms with E-state index in [1.54, 1.807) is 0 Å². The van der Waals surface area contributed by atoms with Gasteiger partial charge in [-0.25, -0.2) is 0 Å².